The Labute approximate surface area is 206 Å². The molecule has 1 N–H and O–H groups in total. The van der Waals surface area contributed by atoms with Crippen LogP contribution in [0.3, 0.4) is 0 Å². The summed E-state index contributed by atoms with van der Waals surface area (Å²) in [5, 5.41) is 10.1. The van der Waals surface area contributed by atoms with Crippen molar-refractivity contribution in [3.63, 3.8) is 0 Å². The van der Waals surface area contributed by atoms with Crippen LogP contribution < -0.4 is 9.47 Å². The van der Waals surface area contributed by atoms with E-state index in [1.807, 2.05) is 6.21 Å². The number of carbonyl (C=O) groups excluding carboxylic acids is 1. The van der Waals surface area contributed by atoms with Crippen LogP contribution in [0.5, 0.6) is 17.2 Å². The molecule has 0 radical (unpaired) electrons. The number of nitrogens with zero attached hydrogens (tertiary/aromatic N) is 1. The zero-order valence-electron chi connectivity index (χ0n) is 21.7. The summed E-state index contributed by atoms with van der Waals surface area (Å²) >= 11 is 0. The number of carbonyl (C=O) groups is 1. The molecule has 0 aromatic heterocycles. The Balaban J connectivity index is 2.53. The second kappa shape index (κ2) is 18.9. The van der Waals surface area contributed by atoms with Gasteiger partial charge < -0.3 is 19.3 Å². The number of unbranched alkanes of at least 4 members (excludes halogenated alkanes) is 8. The number of hydrogen-bond donors (Lipinski definition) is 1. The zero-order valence-corrected chi connectivity index (χ0v) is 21.7. The number of esters is 1. The van der Waals surface area contributed by atoms with Gasteiger partial charge in [0, 0.05) is 12.6 Å². The predicted octanol–water partition coefficient (Wildman–Crippen LogP) is 7.02. The third-order valence-corrected chi connectivity index (χ3v) is 5.88. The molecule has 6 nitrogen and oxygen atoms in total. The van der Waals surface area contributed by atoms with Crippen molar-refractivity contribution in [2.24, 2.45) is 4.99 Å². The van der Waals surface area contributed by atoms with Gasteiger partial charge in [0.2, 0.25) is 5.75 Å². The topological polar surface area (TPSA) is 77.4 Å². The van der Waals surface area contributed by atoms with Crippen LogP contribution in [0.15, 0.2) is 29.3 Å². The smallest absolute Gasteiger partial charge is 0.305 e. The lowest BCUT2D eigenvalue weighted by atomic mass is 10.0. The van der Waals surface area contributed by atoms with Crippen LogP contribution in [0.4, 0.5) is 0 Å². The minimum Gasteiger partial charge on any atom is -0.502 e. The van der Waals surface area contributed by atoms with Crippen LogP contribution in [0.25, 0.3) is 0 Å². The number of rotatable bonds is 19. The number of methoxy groups -OCH3 is 3. The van der Waals surface area contributed by atoms with Crippen molar-refractivity contribution in [1.29, 1.82) is 0 Å². The number of ether oxygens (including phenoxy) is 3. The van der Waals surface area contributed by atoms with E-state index < -0.39 is 0 Å². The van der Waals surface area contributed by atoms with Gasteiger partial charge in [-0.25, -0.2) is 0 Å². The molecule has 0 bridgehead atoms. The molecule has 1 rings (SSSR count). The maximum absolute atomic E-state index is 11.1. The van der Waals surface area contributed by atoms with Gasteiger partial charge in [0.1, 0.15) is 0 Å². The first kappa shape index (κ1) is 29.5. The van der Waals surface area contributed by atoms with E-state index in [0.717, 1.165) is 44.1 Å². The van der Waals surface area contributed by atoms with Crippen molar-refractivity contribution in [2.45, 2.75) is 96.4 Å². The fourth-order valence-electron chi connectivity index (χ4n) is 3.77. The Morgan fingerprint density at radius 3 is 2.24 bits per heavy atom. The molecule has 0 aliphatic rings. The maximum atomic E-state index is 11.1. The standard InChI is InChI=1S/C28H45NO5/c1-5-6-7-14-17-24(18-15-12-10-8-9-11-13-16-19-27(30)34-4)29-22-23-20-25(32-2)28(31)26(21-23)33-3/h12,15,20-22,24,31H,5-11,13-14,16-19H2,1-4H3/b15-12-,29-22?. The summed E-state index contributed by atoms with van der Waals surface area (Å²) in [6.07, 6.45) is 20.4. The third-order valence-electron chi connectivity index (χ3n) is 5.88. The van der Waals surface area contributed by atoms with E-state index in [-0.39, 0.29) is 17.8 Å². The van der Waals surface area contributed by atoms with E-state index in [4.69, 9.17) is 14.5 Å². The quantitative estimate of drug-likeness (QED) is 0.101. The minimum atomic E-state index is -0.112. The number of phenolic OH excluding ortho intramolecular Hbond substituents is 1. The molecular formula is C28H45NO5. The average Bonchev–Trinajstić information content (AvgIpc) is 2.85. The molecule has 1 unspecified atom stereocenters. The fourth-order valence-corrected chi connectivity index (χ4v) is 3.77. The fraction of sp³-hybridized carbons (Fsp3) is 0.643. The summed E-state index contributed by atoms with van der Waals surface area (Å²) in [4.78, 5) is 16.0. The molecule has 0 saturated carbocycles. The Morgan fingerprint density at radius 1 is 0.941 bits per heavy atom. The van der Waals surface area contributed by atoms with E-state index >= 15 is 0 Å². The predicted molar refractivity (Wildman–Crippen MR) is 139 cm³/mol. The normalized spacial score (nSPS) is 12.4. The SMILES string of the molecule is CCCCCCC(C/C=C\CCCCCCCC(=O)OC)N=Cc1cc(OC)c(O)c(OC)c1. The monoisotopic (exact) mass is 475 g/mol. The van der Waals surface area contributed by atoms with Crippen molar-refractivity contribution in [3.05, 3.63) is 29.8 Å². The second-order valence-corrected chi connectivity index (χ2v) is 8.65. The number of allylic oxidation sites excluding steroid dienone is 1. The highest BCUT2D eigenvalue weighted by atomic mass is 16.5. The molecule has 1 aromatic rings. The van der Waals surface area contributed by atoms with E-state index in [2.05, 4.69) is 23.8 Å². The first-order valence-corrected chi connectivity index (χ1v) is 12.8. The van der Waals surface area contributed by atoms with E-state index in [1.165, 1.54) is 59.9 Å². The van der Waals surface area contributed by atoms with Crippen LogP contribution in [-0.4, -0.2) is 44.7 Å². The number of aromatic hydroxyl groups is 1. The van der Waals surface area contributed by atoms with Gasteiger partial charge in [-0.15, -0.1) is 0 Å². The number of phenols is 1. The van der Waals surface area contributed by atoms with Crippen LogP contribution in [0, 0.1) is 0 Å². The second-order valence-electron chi connectivity index (χ2n) is 8.65. The van der Waals surface area contributed by atoms with Gasteiger partial charge >= 0.3 is 5.97 Å². The van der Waals surface area contributed by atoms with Crippen molar-refractivity contribution in [3.8, 4) is 17.2 Å². The Bertz CT molecular complexity index is 719. The van der Waals surface area contributed by atoms with Crippen molar-refractivity contribution in [1.82, 2.24) is 0 Å². The minimum absolute atomic E-state index is 0.00432. The molecule has 0 fully saturated rings. The lowest BCUT2D eigenvalue weighted by Gasteiger charge is -2.12. The van der Waals surface area contributed by atoms with Crippen LogP contribution >= 0.6 is 0 Å². The molecule has 0 aliphatic heterocycles. The molecule has 0 heterocycles. The van der Waals surface area contributed by atoms with Crippen LogP contribution in [0.2, 0.25) is 0 Å². The van der Waals surface area contributed by atoms with E-state index in [9.17, 15) is 9.90 Å². The van der Waals surface area contributed by atoms with Gasteiger partial charge in [0.15, 0.2) is 11.5 Å². The lowest BCUT2D eigenvalue weighted by Crippen LogP contribution is -2.04. The molecule has 1 atom stereocenters. The Morgan fingerprint density at radius 2 is 1.59 bits per heavy atom. The van der Waals surface area contributed by atoms with Crippen molar-refractivity contribution < 1.29 is 24.1 Å². The average molecular weight is 476 g/mol. The van der Waals surface area contributed by atoms with Crippen LogP contribution in [0.1, 0.15) is 96.0 Å². The summed E-state index contributed by atoms with van der Waals surface area (Å²) in [5.41, 5.74) is 0.848. The van der Waals surface area contributed by atoms with Crippen molar-refractivity contribution >= 4 is 12.2 Å². The number of hydrogen-bond acceptors (Lipinski definition) is 6. The molecule has 0 amide bonds. The molecular weight excluding hydrogens is 430 g/mol. The summed E-state index contributed by atoms with van der Waals surface area (Å²) in [6, 6.07) is 3.78. The van der Waals surface area contributed by atoms with E-state index in [0.29, 0.717) is 17.9 Å². The maximum Gasteiger partial charge on any atom is 0.305 e. The van der Waals surface area contributed by atoms with Gasteiger partial charge in [-0.2, -0.15) is 0 Å². The van der Waals surface area contributed by atoms with E-state index in [1.54, 1.807) is 12.1 Å². The Kier molecular flexibility index (Phi) is 16.4. The highest BCUT2D eigenvalue weighted by Crippen LogP contribution is 2.36. The molecule has 192 valence electrons. The molecule has 0 spiro atoms. The number of benzene rings is 1. The molecule has 1 aromatic carbocycles. The van der Waals surface area contributed by atoms with Gasteiger partial charge in [-0.3, -0.25) is 9.79 Å². The van der Waals surface area contributed by atoms with Gasteiger partial charge in [-0.05, 0) is 49.8 Å². The van der Waals surface area contributed by atoms with Crippen molar-refractivity contribution in [2.75, 3.05) is 21.3 Å². The highest BCUT2D eigenvalue weighted by Gasteiger charge is 2.11. The summed E-state index contributed by atoms with van der Waals surface area (Å²) in [6.45, 7) is 2.23. The first-order chi connectivity index (χ1) is 16.5. The number of aliphatic imine (C=N–C) groups is 1. The highest BCUT2D eigenvalue weighted by molar-refractivity contribution is 5.82. The third kappa shape index (κ3) is 12.7. The molecule has 0 saturated heterocycles. The molecule has 6 heteroatoms. The largest absolute Gasteiger partial charge is 0.502 e. The first-order valence-electron chi connectivity index (χ1n) is 12.8. The van der Waals surface area contributed by atoms with Gasteiger partial charge in [-0.1, -0.05) is 64.0 Å². The van der Waals surface area contributed by atoms with Gasteiger partial charge in [0.05, 0.1) is 27.4 Å². The Hall–Kier alpha value is -2.50. The van der Waals surface area contributed by atoms with Gasteiger partial charge in [0.25, 0.3) is 0 Å². The zero-order chi connectivity index (χ0) is 25.0. The molecule has 34 heavy (non-hydrogen) atoms. The summed E-state index contributed by atoms with van der Waals surface area (Å²) < 4.78 is 15.2. The lowest BCUT2D eigenvalue weighted by molar-refractivity contribution is -0.140. The molecule has 0 aliphatic carbocycles. The summed E-state index contributed by atoms with van der Waals surface area (Å²) in [5.74, 6) is 0.652. The summed E-state index contributed by atoms with van der Waals surface area (Å²) in [7, 11) is 4.50. The van der Waals surface area contributed by atoms with Crippen LogP contribution in [-0.2, 0) is 9.53 Å².